The lowest BCUT2D eigenvalue weighted by molar-refractivity contribution is -0.160. The van der Waals surface area contributed by atoms with Gasteiger partial charge in [0.15, 0.2) is 6.10 Å². The van der Waals surface area contributed by atoms with Crippen molar-refractivity contribution in [1.82, 2.24) is 19.3 Å². The number of rotatable bonds is 6. The first kappa shape index (κ1) is 29.4. The zero-order valence-electron chi connectivity index (χ0n) is 26.7. The molecular weight excluding hydrogens is 578 g/mol. The van der Waals surface area contributed by atoms with Crippen LogP contribution in [0.25, 0.3) is 55.4 Å². The quantitative estimate of drug-likeness (QED) is 0.202. The average molecular weight is 614 g/mol. The number of hydrogen-bond acceptors (Lipinski definition) is 5. The number of carboxylic acid groups (broad SMARTS) is 1. The highest BCUT2D eigenvalue weighted by molar-refractivity contribution is 6.14. The largest absolute Gasteiger partial charge is 0.479 e. The summed E-state index contributed by atoms with van der Waals surface area (Å²) in [7, 11) is 1.92. The van der Waals surface area contributed by atoms with E-state index in [1.165, 1.54) is 0 Å². The number of pyridine rings is 1. The molecule has 6 aromatic rings. The van der Waals surface area contributed by atoms with E-state index < -0.39 is 17.7 Å². The van der Waals surface area contributed by atoms with Crippen molar-refractivity contribution in [1.29, 1.82) is 0 Å². The second kappa shape index (κ2) is 10.7. The molecule has 0 aliphatic carbocycles. The summed E-state index contributed by atoms with van der Waals surface area (Å²) in [4.78, 5) is 30.8. The van der Waals surface area contributed by atoms with Crippen LogP contribution in [0.5, 0.6) is 0 Å². The molecular formula is C37H35N5O4. The van der Waals surface area contributed by atoms with Crippen molar-refractivity contribution in [2.45, 2.75) is 52.9 Å². The first-order chi connectivity index (χ1) is 21.9. The van der Waals surface area contributed by atoms with Crippen LogP contribution in [0.2, 0.25) is 0 Å². The number of ether oxygens (including phenoxy) is 1. The Balaban J connectivity index is 1.51. The van der Waals surface area contributed by atoms with Gasteiger partial charge in [0.2, 0.25) is 5.91 Å². The fourth-order valence-electron chi connectivity index (χ4n) is 6.55. The minimum absolute atomic E-state index is 0.123. The zero-order chi connectivity index (χ0) is 32.5. The summed E-state index contributed by atoms with van der Waals surface area (Å²) >= 11 is 0. The Hall–Kier alpha value is -5.28. The second-order valence-electron chi connectivity index (χ2n) is 13.0. The number of nitrogens with one attached hydrogen (secondary N) is 1. The van der Waals surface area contributed by atoms with Crippen LogP contribution in [0.3, 0.4) is 0 Å². The van der Waals surface area contributed by atoms with E-state index in [1.807, 2.05) is 106 Å². The molecule has 1 amide bonds. The van der Waals surface area contributed by atoms with Crippen LogP contribution >= 0.6 is 0 Å². The minimum atomic E-state index is -1.27. The standard InChI is InChI=1S/C37H35N5O4/c1-20-7-9-22(10-8-20)32-26-17-29(24-13-14-38-27(16-24)23-11-12-28-25(15-23)18-39-41(28)6)42-19-30(43)40-33(34(26)42)21(2)31(32)35(36(44)45)46-37(3,4)5/h7-18,35H,19H2,1-6H3,(H,40,43)(H,44,45). The number of hydrogen-bond donors (Lipinski definition) is 2. The van der Waals surface area contributed by atoms with Gasteiger partial charge in [-0.05, 0) is 81.6 Å². The SMILES string of the molecule is Cc1ccc(-c2c(C(OC(C)(C)C)C(=O)O)c(C)c3c4c2cc(-c2ccnc(-c5ccc6c(cnn6C)c5)c2)n4CC(=O)N3)cc1. The fourth-order valence-corrected chi connectivity index (χ4v) is 6.55. The number of carbonyl (C=O) groups excluding carboxylic acids is 1. The summed E-state index contributed by atoms with van der Waals surface area (Å²) in [5.41, 5.74) is 9.16. The molecule has 46 heavy (non-hydrogen) atoms. The Bertz CT molecular complexity index is 2200. The molecule has 0 bridgehead atoms. The van der Waals surface area contributed by atoms with Crippen LogP contribution in [0.1, 0.15) is 43.6 Å². The van der Waals surface area contributed by atoms with Gasteiger partial charge >= 0.3 is 5.97 Å². The van der Waals surface area contributed by atoms with Crippen molar-refractivity contribution < 1.29 is 19.4 Å². The van der Waals surface area contributed by atoms with E-state index in [0.717, 1.165) is 61.0 Å². The van der Waals surface area contributed by atoms with Gasteiger partial charge in [0.1, 0.15) is 6.54 Å². The maximum Gasteiger partial charge on any atom is 0.337 e. The molecule has 0 saturated carbocycles. The number of aliphatic carboxylic acids is 1. The molecule has 232 valence electrons. The summed E-state index contributed by atoms with van der Waals surface area (Å²) in [6.07, 6.45) is 2.35. The Labute approximate surface area is 266 Å². The maximum absolute atomic E-state index is 13.3. The Morgan fingerprint density at radius 1 is 1.00 bits per heavy atom. The van der Waals surface area contributed by atoms with Crippen molar-refractivity contribution >= 4 is 39.4 Å². The molecule has 0 saturated heterocycles. The molecule has 1 aliphatic heterocycles. The molecule has 3 aromatic heterocycles. The number of amides is 1. The molecule has 0 fully saturated rings. The molecule has 0 radical (unpaired) electrons. The monoisotopic (exact) mass is 613 g/mol. The molecule has 9 nitrogen and oxygen atoms in total. The highest BCUT2D eigenvalue weighted by Gasteiger charge is 2.36. The van der Waals surface area contributed by atoms with Crippen LogP contribution in [0.4, 0.5) is 5.69 Å². The van der Waals surface area contributed by atoms with E-state index in [4.69, 9.17) is 4.74 Å². The lowest BCUT2D eigenvalue weighted by Crippen LogP contribution is -2.29. The van der Waals surface area contributed by atoms with Crippen molar-refractivity contribution in [3.05, 3.63) is 89.7 Å². The first-order valence-electron chi connectivity index (χ1n) is 15.3. The van der Waals surface area contributed by atoms with Crippen LogP contribution in [-0.4, -0.2) is 41.9 Å². The Morgan fingerprint density at radius 2 is 1.74 bits per heavy atom. The molecule has 1 aliphatic rings. The van der Waals surface area contributed by atoms with Gasteiger partial charge in [0.05, 0.1) is 34.2 Å². The predicted octanol–water partition coefficient (Wildman–Crippen LogP) is 7.43. The Kier molecular flexibility index (Phi) is 6.82. The van der Waals surface area contributed by atoms with E-state index in [1.54, 1.807) is 6.20 Å². The van der Waals surface area contributed by atoms with Gasteiger partial charge in [0.25, 0.3) is 0 Å². The number of nitrogens with zero attached hydrogens (tertiary/aromatic N) is 4. The lowest BCUT2D eigenvalue weighted by Gasteiger charge is -2.30. The summed E-state index contributed by atoms with van der Waals surface area (Å²) < 4.78 is 10.1. The van der Waals surface area contributed by atoms with Crippen molar-refractivity contribution in [2.75, 3.05) is 5.32 Å². The van der Waals surface area contributed by atoms with Gasteiger partial charge in [-0.2, -0.15) is 5.10 Å². The Morgan fingerprint density at radius 3 is 2.46 bits per heavy atom. The number of benzene rings is 3. The molecule has 1 unspecified atom stereocenters. The van der Waals surface area contributed by atoms with Crippen LogP contribution in [0.15, 0.2) is 73.1 Å². The number of carboxylic acids is 1. The van der Waals surface area contributed by atoms with E-state index in [0.29, 0.717) is 16.8 Å². The van der Waals surface area contributed by atoms with Gasteiger partial charge in [-0.3, -0.25) is 14.5 Å². The summed E-state index contributed by atoms with van der Waals surface area (Å²) in [5.74, 6) is -1.27. The maximum atomic E-state index is 13.3. The van der Waals surface area contributed by atoms with Gasteiger partial charge in [-0.15, -0.1) is 0 Å². The number of aromatic nitrogens is 4. The lowest BCUT2D eigenvalue weighted by atomic mass is 9.87. The van der Waals surface area contributed by atoms with Crippen molar-refractivity contribution in [2.24, 2.45) is 7.05 Å². The van der Waals surface area contributed by atoms with Crippen LogP contribution in [-0.2, 0) is 27.9 Å². The molecule has 3 aromatic carbocycles. The molecule has 9 heteroatoms. The van der Waals surface area contributed by atoms with Crippen LogP contribution in [0, 0.1) is 13.8 Å². The second-order valence-corrected chi connectivity index (χ2v) is 13.0. The van der Waals surface area contributed by atoms with Crippen molar-refractivity contribution in [3.8, 4) is 33.6 Å². The van der Waals surface area contributed by atoms with Crippen molar-refractivity contribution in [3.63, 3.8) is 0 Å². The highest BCUT2D eigenvalue weighted by atomic mass is 16.5. The normalized spacial score (nSPS) is 13.7. The third kappa shape index (κ3) is 4.93. The molecule has 7 rings (SSSR count). The number of fused-ring (bicyclic) bond motifs is 1. The van der Waals surface area contributed by atoms with Gasteiger partial charge in [0, 0.05) is 46.4 Å². The third-order valence-corrected chi connectivity index (χ3v) is 8.61. The predicted molar refractivity (Wildman–Crippen MR) is 180 cm³/mol. The number of aryl methyl sites for hydroxylation is 2. The molecule has 4 heterocycles. The topological polar surface area (TPSA) is 111 Å². The van der Waals surface area contributed by atoms with Gasteiger partial charge in [-0.25, -0.2) is 4.79 Å². The van der Waals surface area contributed by atoms with E-state index in [-0.39, 0.29) is 12.5 Å². The summed E-state index contributed by atoms with van der Waals surface area (Å²) in [6.45, 7) is 9.54. The van der Waals surface area contributed by atoms with Gasteiger partial charge in [-0.1, -0.05) is 35.9 Å². The summed E-state index contributed by atoms with van der Waals surface area (Å²) in [5, 5.41) is 19.8. The number of anilines is 1. The minimum Gasteiger partial charge on any atom is -0.479 e. The molecule has 1 atom stereocenters. The fraction of sp³-hybridized carbons (Fsp3) is 0.243. The highest BCUT2D eigenvalue weighted by Crippen LogP contribution is 2.48. The molecule has 2 N–H and O–H groups in total. The van der Waals surface area contributed by atoms with E-state index in [9.17, 15) is 14.7 Å². The van der Waals surface area contributed by atoms with E-state index in [2.05, 4.69) is 27.5 Å². The zero-order valence-corrected chi connectivity index (χ0v) is 26.7. The first-order valence-corrected chi connectivity index (χ1v) is 15.3. The number of carbonyl (C=O) groups is 2. The smallest absolute Gasteiger partial charge is 0.337 e. The average Bonchev–Trinajstić information content (AvgIpc) is 3.58. The molecule has 0 spiro atoms. The third-order valence-electron chi connectivity index (χ3n) is 8.61. The summed E-state index contributed by atoms with van der Waals surface area (Å²) in [6, 6.07) is 20.3. The van der Waals surface area contributed by atoms with Crippen LogP contribution < -0.4 is 5.32 Å². The van der Waals surface area contributed by atoms with E-state index >= 15 is 0 Å². The van der Waals surface area contributed by atoms with Gasteiger partial charge < -0.3 is 19.7 Å².